The molecule has 1 aromatic heterocycles. The van der Waals surface area contributed by atoms with Crippen LogP contribution in [0.25, 0.3) is 0 Å². The number of nitrogens with one attached hydrogen (secondary N) is 1. The van der Waals surface area contributed by atoms with Gasteiger partial charge in [0.05, 0.1) is 11.6 Å². The highest BCUT2D eigenvalue weighted by Crippen LogP contribution is 2.50. The van der Waals surface area contributed by atoms with E-state index in [1.54, 1.807) is 24.0 Å². The molecule has 31 heavy (non-hydrogen) atoms. The van der Waals surface area contributed by atoms with Gasteiger partial charge < -0.3 is 15.3 Å². The van der Waals surface area contributed by atoms with Crippen LogP contribution in [0.1, 0.15) is 28.9 Å². The van der Waals surface area contributed by atoms with Gasteiger partial charge in [0, 0.05) is 25.0 Å². The summed E-state index contributed by atoms with van der Waals surface area (Å²) in [5.74, 6) is -2.95. The molecule has 2 aliphatic carbocycles. The lowest BCUT2D eigenvalue weighted by Gasteiger charge is -2.31. The Morgan fingerprint density at radius 1 is 1.13 bits per heavy atom. The molecule has 2 amide bonds. The van der Waals surface area contributed by atoms with Crippen molar-refractivity contribution in [3.8, 4) is 0 Å². The number of carboxylic acids is 1. The van der Waals surface area contributed by atoms with Gasteiger partial charge in [-0.25, -0.2) is 9.59 Å². The van der Waals surface area contributed by atoms with Crippen molar-refractivity contribution in [3.05, 3.63) is 47.8 Å². The first-order chi connectivity index (χ1) is 14.6. The Balaban J connectivity index is 1.39. The van der Waals surface area contributed by atoms with Gasteiger partial charge in [-0.05, 0) is 49.5 Å². The van der Waals surface area contributed by atoms with Gasteiger partial charge in [0.1, 0.15) is 5.56 Å². The van der Waals surface area contributed by atoms with E-state index in [0.29, 0.717) is 31.6 Å². The highest BCUT2D eigenvalue weighted by Gasteiger charge is 2.50. The Bertz CT molecular complexity index is 930. The lowest BCUT2D eigenvalue weighted by Crippen LogP contribution is -2.36. The fourth-order valence-electron chi connectivity index (χ4n) is 5.26. The molecule has 3 unspecified atom stereocenters. The molecule has 9 heteroatoms. The van der Waals surface area contributed by atoms with Crippen molar-refractivity contribution in [3.63, 3.8) is 0 Å². The second-order valence-corrected chi connectivity index (χ2v) is 8.68. The molecule has 1 saturated carbocycles. The minimum absolute atomic E-state index is 0.0607. The van der Waals surface area contributed by atoms with E-state index in [-0.39, 0.29) is 29.0 Å². The number of halogens is 3. The van der Waals surface area contributed by atoms with Crippen LogP contribution in [0.2, 0.25) is 0 Å². The number of pyridine rings is 1. The van der Waals surface area contributed by atoms with Crippen molar-refractivity contribution < 1.29 is 27.9 Å². The van der Waals surface area contributed by atoms with Gasteiger partial charge in [0.25, 0.3) is 0 Å². The molecule has 2 N–H and O–H groups in total. The number of nitrogens with zero attached hydrogens (tertiary/aromatic N) is 2. The SMILES string of the molecule is Cc1cc(NC(=O)N2C[C@H]3CC(C4C=CC=CC4C(F)(F)F)C[C@H]3C2)c(C(=O)O)cn1. The van der Waals surface area contributed by atoms with Crippen LogP contribution < -0.4 is 5.32 Å². The number of aromatic carboxylic acids is 1. The number of amides is 2. The van der Waals surface area contributed by atoms with Gasteiger partial charge in [-0.1, -0.05) is 24.3 Å². The van der Waals surface area contributed by atoms with Gasteiger partial charge in [-0.15, -0.1) is 0 Å². The maximum atomic E-state index is 13.4. The van der Waals surface area contributed by atoms with Gasteiger partial charge in [-0.2, -0.15) is 13.2 Å². The molecule has 2 fully saturated rings. The van der Waals surface area contributed by atoms with Gasteiger partial charge in [-0.3, -0.25) is 4.98 Å². The Hall–Kier alpha value is -2.84. The number of rotatable bonds is 3. The Morgan fingerprint density at radius 3 is 2.39 bits per heavy atom. The molecule has 1 aromatic rings. The second-order valence-electron chi connectivity index (χ2n) is 8.68. The summed E-state index contributed by atoms with van der Waals surface area (Å²) < 4.78 is 40.3. The van der Waals surface area contributed by atoms with Crippen molar-refractivity contribution in [2.75, 3.05) is 18.4 Å². The number of carbonyl (C=O) groups is 2. The number of aryl methyl sites for hydroxylation is 1. The molecule has 1 saturated heterocycles. The van der Waals surface area contributed by atoms with Crippen molar-refractivity contribution in [2.45, 2.75) is 25.9 Å². The third-order valence-electron chi connectivity index (χ3n) is 6.69. The van der Waals surface area contributed by atoms with Crippen molar-refractivity contribution in [1.29, 1.82) is 0 Å². The highest BCUT2D eigenvalue weighted by atomic mass is 19.4. The predicted octanol–water partition coefficient (Wildman–Crippen LogP) is 4.50. The number of aromatic nitrogens is 1. The second kappa shape index (κ2) is 8.01. The first-order valence-corrected chi connectivity index (χ1v) is 10.3. The van der Waals surface area contributed by atoms with E-state index in [1.165, 1.54) is 24.4 Å². The standard InChI is InChI=1S/C22H24F3N3O3/c1-12-6-19(17(9-26-12)20(29)30)27-21(31)28-10-14-7-13(8-15(14)11-28)16-4-2-3-5-18(16)22(23,24)25/h2-6,9,13-16,18H,7-8,10-11H2,1H3,(H,29,30)(H,26,27,31)/t13?,14-,15+,16?,18?. The third-order valence-corrected chi connectivity index (χ3v) is 6.69. The van der Waals surface area contributed by atoms with E-state index in [1.807, 2.05) is 0 Å². The average molecular weight is 435 g/mol. The van der Waals surface area contributed by atoms with Gasteiger partial charge >= 0.3 is 18.2 Å². The molecule has 4 rings (SSSR count). The number of hydrogen-bond donors (Lipinski definition) is 2. The summed E-state index contributed by atoms with van der Waals surface area (Å²) in [6, 6.07) is 1.11. The predicted molar refractivity (Wildman–Crippen MR) is 108 cm³/mol. The van der Waals surface area contributed by atoms with Crippen LogP contribution in [0.3, 0.4) is 0 Å². The lowest BCUT2D eigenvalue weighted by atomic mass is 9.77. The molecule has 1 aliphatic heterocycles. The van der Waals surface area contributed by atoms with Crippen LogP contribution >= 0.6 is 0 Å². The van der Waals surface area contributed by atoms with E-state index in [4.69, 9.17) is 0 Å². The summed E-state index contributed by atoms with van der Waals surface area (Å²) in [7, 11) is 0. The number of fused-ring (bicyclic) bond motifs is 1. The minimum atomic E-state index is -4.26. The molecule has 166 valence electrons. The summed E-state index contributed by atoms with van der Waals surface area (Å²) in [4.78, 5) is 29.7. The summed E-state index contributed by atoms with van der Waals surface area (Å²) in [6.45, 7) is 2.62. The zero-order valence-corrected chi connectivity index (χ0v) is 17.0. The van der Waals surface area contributed by atoms with Crippen LogP contribution in [-0.2, 0) is 0 Å². The number of alkyl halides is 3. The molecule has 6 nitrogen and oxygen atoms in total. The smallest absolute Gasteiger partial charge is 0.395 e. The van der Waals surface area contributed by atoms with E-state index in [2.05, 4.69) is 10.3 Å². The van der Waals surface area contributed by atoms with Gasteiger partial charge in [0.15, 0.2) is 0 Å². The topological polar surface area (TPSA) is 82.5 Å². The molecule has 0 aromatic carbocycles. The summed E-state index contributed by atoms with van der Waals surface area (Å²) in [5.41, 5.74) is 0.677. The zero-order chi connectivity index (χ0) is 22.3. The molecule has 0 radical (unpaired) electrons. The number of urea groups is 1. The average Bonchev–Trinajstić information content (AvgIpc) is 3.26. The van der Waals surface area contributed by atoms with E-state index in [0.717, 1.165) is 0 Å². The largest absolute Gasteiger partial charge is 0.478 e. The molecule has 3 aliphatic rings. The number of carboxylic acid groups (broad SMARTS) is 1. The first-order valence-electron chi connectivity index (χ1n) is 10.3. The summed E-state index contributed by atoms with van der Waals surface area (Å²) in [6.07, 6.45) is 4.32. The molecule has 0 spiro atoms. The van der Waals surface area contributed by atoms with Crippen molar-refractivity contribution >= 4 is 17.7 Å². The van der Waals surface area contributed by atoms with Crippen LogP contribution in [0.4, 0.5) is 23.7 Å². The number of likely N-dealkylation sites (tertiary alicyclic amines) is 1. The molecular formula is C22H24F3N3O3. The van der Waals surface area contributed by atoms with Crippen molar-refractivity contribution in [2.24, 2.45) is 29.6 Å². The quantitative estimate of drug-likeness (QED) is 0.733. The summed E-state index contributed by atoms with van der Waals surface area (Å²) in [5, 5.41) is 12.0. The molecule has 0 bridgehead atoms. The Labute approximate surface area is 177 Å². The van der Waals surface area contributed by atoms with Crippen LogP contribution in [-0.4, -0.2) is 46.3 Å². The van der Waals surface area contributed by atoms with E-state index >= 15 is 0 Å². The molecular weight excluding hydrogens is 411 g/mol. The zero-order valence-electron chi connectivity index (χ0n) is 17.0. The van der Waals surface area contributed by atoms with Crippen LogP contribution in [0.15, 0.2) is 36.6 Å². The summed E-state index contributed by atoms with van der Waals surface area (Å²) >= 11 is 0. The fraction of sp³-hybridized carbons (Fsp3) is 0.500. The molecule has 2 heterocycles. The van der Waals surface area contributed by atoms with Crippen LogP contribution in [0.5, 0.6) is 0 Å². The first kappa shape index (κ1) is 21.4. The maximum absolute atomic E-state index is 13.4. The van der Waals surface area contributed by atoms with Crippen molar-refractivity contribution in [1.82, 2.24) is 9.88 Å². The number of hydrogen-bond acceptors (Lipinski definition) is 3. The van der Waals surface area contributed by atoms with E-state index < -0.39 is 30.0 Å². The fourth-order valence-corrected chi connectivity index (χ4v) is 5.26. The lowest BCUT2D eigenvalue weighted by molar-refractivity contribution is -0.174. The minimum Gasteiger partial charge on any atom is -0.478 e. The number of allylic oxidation sites excluding steroid dienone is 4. The van der Waals surface area contributed by atoms with Crippen LogP contribution in [0, 0.1) is 36.5 Å². The Morgan fingerprint density at radius 2 is 1.77 bits per heavy atom. The maximum Gasteiger partial charge on any atom is 0.395 e. The normalized spacial score (nSPS) is 29.8. The highest BCUT2D eigenvalue weighted by molar-refractivity contribution is 5.99. The Kier molecular flexibility index (Phi) is 5.53. The molecule has 5 atom stereocenters. The monoisotopic (exact) mass is 435 g/mol. The number of carbonyl (C=O) groups excluding carboxylic acids is 1. The van der Waals surface area contributed by atoms with E-state index in [9.17, 15) is 27.9 Å². The third kappa shape index (κ3) is 4.31. The van der Waals surface area contributed by atoms with Gasteiger partial charge in [0.2, 0.25) is 0 Å². The number of anilines is 1.